The number of carboxylic acids is 1. The second-order valence-electron chi connectivity index (χ2n) is 10.5. The van der Waals surface area contributed by atoms with Crippen molar-refractivity contribution in [2.75, 3.05) is 6.61 Å². The zero-order chi connectivity index (χ0) is 33.3. The molecule has 4 aromatic rings. The van der Waals surface area contributed by atoms with Crippen LogP contribution in [0, 0.1) is 5.82 Å². The lowest BCUT2D eigenvalue weighted by molar-refractivity contribution is -0.139. The summed E-state index contributed by atoms with van der Waals surface area (Å²) in [6, 6.07) is 15.8. The number of carbonyl (C=O) groups is 2. The van der Waals surface area contributed by atoms with Crippen molar-refractivity contribution in [3.8, 4) is 17.2 Å². The van der Waals surface area contributed by atoms with E-state index in [0.29, 0.717) is 55.2 Å². The number of nitrogens with one attached hydrogen (secondary N) is 1. The van der Waals surface area contributed by atoms with Gasteiger partial charge in [-0.3, -0.25) is 4.79 Å². The molecule has 0 aliphatic heterocycles. The van der Waals surface area contributed by atoms with E-state index in [-0.39, 0.29) is 17.8 Å². The maximum absolute atomic E-state index is 13.3. The number of carboxylic acid groups (broad SMARTS) is 1. The predicted molar refractivity (Wildman–Crippen MR) is 164 cm³/mol. The molecule has 1 aromatic heterocycles. The minimum absolute atomic E-state index is 0.0600. The normalized spacial score (nSPS) is 12.5. The summed E-state index contributed by atoms with van der Waals surface area (Å²) in [5, 5.41) is 12.7. The van der Waals surface area contributed by atoms with E-state index in [1.165, 1.54) is 18.2 Å². The van der Waals surface area contributed by atoms with E-state index < -0.39 is 29.5 Å². The first-order chi connectivity index (χ1) is 22.0. The Labute approximate surface area is 263 Å². The molecular formula is C35H34F4N2O5. The van der Waals surface area contributed by atoms with Gasteiger partial charge in [-0.2, -0.15) is 13.2 Å². The Morgan fingerprint density at radius 2 is 1.67 bits per heavy atom. The zero-order valence-electron chi connectivity index (χ0n) is 25.4. The number of halogens is 4. The van der Waals surface area contributed by atoms with Crippen molar-refractivity contribution in [2.45, 2.75) is 58.2 Å². The third kappa shape index (κ3) is 9.29. The third-order valence-corrected chi connectivity index (χ3v) is 7.22. The first-order valence-electron chi connectivity index (χ1n) is 14.8. The van der Waals surface area contributed by atoms with Crippen LogP contribution >= 0.6 is 0 Å². The van der Waals surface area contributed by atoms with E-state index in [9.17, 15) is 32.3 Å². The largest absolute Gasteiger partial charge is 0.494 e. The van der Waals surface area contributed by atoms with Gasteiger partial charge in [0.15, 0.2) is 5.78 Å². The Balaban J connectivity index is 1.30. The van der Waals surface area contributed by atoms with Crippen molar-refractivity contribution in [2.24, 2.45) is 0 Å². The second-order valence-corrected chi connectivity index (χ2v) is 10.5. The van der Waals surface area contributed by atoms with Gasteiger partial charge >= 0.3 is 12.1 Å². The van der Waals surface area contributed by atoms with E-state index in [1.54, 1.807) is 43.3 Å². The Morgan fingerprint density at radius 1 is 1.00 bits per heavy atom. The molecule has 7 nitrogen and oxygen atoms in total. The van der Waals surface area contributed by atoms with Crippen LogP contribution in [-0.4, -0.2) is 34.5 Å². The fourth-order valence-corrected chi connectivity index (χ4v) is 4.69. The van der Waals surface area contributed by atoms with Crippen molar-refractivity contribution >= 4 is 11.8 Å². The topological polar surface area (TPSA) is 102 Å². The highest BCUT2D eigenvalue weighted by Crippen LogP contribution is 2.29. The molecule has 4 rings (SSSR count). The summed E-state index contributed by atoms with van der Waals surface area (Å²) in [6.07, 6.45) is -0.902. The number of nitrogens with zero attached hydrogens (tertiary/aromatic N) is 1. The molecule has 242 valence electrons. The average molecular weight is 639 g/mol. The number of aliphatic carboxylic acids is 1. The lowest BCUT2D eigenvalue weighted by Gasteiger charge is -2.18. The van der Waals surface area contributed by atoms with Crippen LogP contribution in [0.3, 0.4) is 0 Å². The Kier molecular flexibility index (Phi) is 11.3. The van der Waals surface area contributed by atoms with Gasteiger partial charge in [-0.1, -0.05) is 38.1 Å². The highest BCUT2D eigenvalue weighted by Gasteiger charge is 2.30. The van der Waals surface area contributed by atoms with Crippen LogP contribution in [0.4, 0.5) is 17.6 Å². The van der Waals surface area contributed by atoms with Crippen LogP contribution in [0.2, 0.25) is 0 Å². The van der Waals surface area contributed by atoms with Gasteiger partial charge in [0.2, 0.25) is 5.89 Å². The number of allylic oxidation sites excluding steroid dienone is 2. The SMILES string of the molecule is CC/C(=C\C(=O)c1ccc(C(F)(F)F)cc1)N[C@@H](Cc1ccc(OCCCc2nc(-c3ccc(F)cc3)oc2CC)cc1)C(=O)O. The number of aryl methyl sites for hydroxylation is 2. The maximum atomic E-state index is 13.3. The van der Waals surface area contributed by atoms with E-state index in [4.69, 9.17) is 9.15 Å². The molecule has 46 heavy (non-hydrogen) atoms. The summed E-state index contributed by atoms with van der Waals surface area (Å²) in [4.78, 5) is 29.2. The number of hydrogen-bond acceptors (Lipinski definition) is 6. The summed E-state index contributed by atoms with van der Waals surface area (Å²) >= 11 is 0. The Hall–Kier alpha value is -4.93. The fraction of sp³-hybridized carbons (Fsp3) is 0.286. The van der Waals surface area contributed by atoms with Crippen molar-refractivity contribution < 1.29 is 41.4 Å². The molecule has 0 saturated carbocycles. The van der Waals surface area contributed by atoms with Crippen LogP contribution in [0.5, 0.6) is 5.75 Å². The quantitative estimate of drug-likeness (QED) is 0.0592. The zero-order valence-corrected chi connectivity index (χ0v) is 25.4. The van der Waals surface area contributed by atoms with E-state index in [0.717, 1.165) is 41.3 Å². The Bertz CT molecular complexity index is 1640. The molecule has 0 bridgehead atoms. The number of alkyl halides is 3. The molecule has 0 aliphatic carbocycles. The maximum Gasteiger partial charge on any atom is 0.416 e. The van der Waals surface area contributed by atoms with E-state index in [1.807, 2.05) is 6.92 Å². The molecule has 0 unspecified atom stereocenters. The van der Waals surface area contributed by atoms with Crippen molar-refractivity contribution in [1.29, 1.82) is 0 Å². The summed E-state index contributed by atoms with van der Waals surface area (Å²) in [5.74, 6) is -0.152. The number of hydrogen-bond donors (Lipinski definition) is 2. The molecule has 0 spiro atoms. The number of benzene rings is 3. The molecule has 0 radical (unpaired) electrons. The third-order valence-electron chi connectivity index (χ3n) is 7.22. The standard InChI is InChI=1S/C35H34F4N2O5/c1-3-27(21-31(42)23-9-13-25(14-10-23)35(37,38)39)40-30(34(43)44)20-22-7-17-28(18-8-22)45-19-5-6-29-32(4-2)46-33(41-29)24-11-15-26(36)16-12-24/h7-18,21,30,40H,3-6,19-20H2,1-2H3,(H,43,44)/b27-21+/t30-/m0/s1. The molecule has 0 saturated heterocycles. The molecule has 0 aliphatic rings. The van der Waals surface area contributed by atoms with Gasteiger partial charge < -0.3 is 19.6 Å². The lowest BCUT2D eigenvalue weighted by atomic mass is 10.0. The van der Waals surface area contributed by atoms with Gasteiger partial charge in [-0.15, -0.1) is 0 Å². The molecule has 11 heteroatoms. The highest BCUT2D eigenvalue weighted by molar-refractivity contribution is 6.04. The minimum Gasteiger partial charge on any atom is -0.494 e. The van der Waals surface area contributed by atoms with Crippen molar-refractivity contribution in [3.63, 3.8) is 0 Å². The van der Waals surface area contributed by atoms with Crippen LogP contribution < -0.4 is 10.1 Å². The second kappa shape index (κ2) is 15.4. The summed E-state index contributed by atoms with van der Waals surface area (Å²) < 4.78 is 63.5. The number of ketones is 1. The number of rotatable bonds is 15. The van der Waals surface area contributed by atoms with E-state index >= 15 is 0 Å². The molecule has 1 heterocycles. The van der Waals surface area contributed by atoms with Gasteiger partial charge in [0.25, 0.3) is 0 Å². The van der Waals surface area contributed by atoms with Gasteiger partial charge in [0.1, 0.15) is 23.4 Å². The lowest BCUT2D eigenvalue weighted by Crippen LogP contribution is -2.38. The molecule has 3 aromatic carbocycles. The van der Waals surface area contributed by atoms with E-state index in [2.05, 4.69) is 10.3 Å². The summed E-state index contributed by atoms with van der Waals surface area (Å²) in [5.41, 5.74) is 1.80. The predicted octanol–water partition coefficient (Wildman–Crippen LogP) is 7.84. The molecule has 1 atom stereocenters. The van der Waals surface area contributed by atoms with Gasteiger partial charge in [0, 0.05) is 35.7 Å². The number of oxazole rings is 1. The number of aromatic nitrogens is 1. The van der Waals surface area contributed by atoms with Gasteiger partial charge in [-0.25, -0.2) is 14.2 Å². The molecular weight excluding hydrogens is 604 g/mol. The van der Waals surface area contributed by atoms with Crippen LogP contribution in [0.25, 0.3) is 11.5 Å². The van der Waals surface area contributed by atoms with Crippen LogP contribution in [0.1, 0.15) is 59.6 Å². The average Bonchev–Trinajstić information content (AvgIpc) is 3.46. The summed E-state index contributed by atoms with van der Waals surface area (Å²) in [7, 11) is 0. The number of ether oxygens (including phenoxy) is 1. The first kappa shape index (κ1) is 34.0. The molecule has 0 fully saturated rings. The van der Waals surface area contributed by atoms with Gasteiger partial charge in [-0.05, 0) is 73.4 Å². The fourth-order valence-electron chi connectivity index (χ4n) is 4.69. The van der Waals surface area contributed by atoms with Crippen molar-refractivity contribution in [3.05, 3.63) is 119 Å². The minimum atomic E-state index is -4.51. The highest BCUT2D eigenvalue weighted by atomic mass is 19.4. The summed E-state index contributed by atoms with van der Waals surface area (Å²) in [6.45, 7) is 4.13. The molecule has 0 amide bonds. The smallest absolute Gasteiger partial charge is 0.416 e. The van der Waals surface area contributed by atoms with Crippen molar-refractivity contribution in [1.82, 2.24) is 10.3 Å². The van der Waals surface area contributed by atoms with Gasteiger partial charge in [0.05, 0.1) is 17.9 Å². The van der Waals surface area contributed by atoms with Crippen LogP contribution in [0.15, 0.2) is 89.0 Å². The molecule has 2 N–H and O–H groups in total. The monoisotopic (exact) mass is 638 g/mol. The van der Waals surface area contributed by atoms with Crippen LogP contribution in [-0.2, 0) is 30.2 Å². The Morgan fingerprint density at radius 3 is 2.26 bits per heavy atom. The number of carbonyl (C=O) groups excluding carboxylic acids is 1. The first-order valence-corrected chi connectivity index (χ1v) is 14.8.